The first-order valence-electron chi connectivity index (χ1n) is 7.27. The van der Waals surface area contributed by atoms with Gasteiger partial charge in [-0.05, 0) is 36.6 Å². The maximum Gasteiger partial charge on any atom is 0.348 e. The number of hydrogen-bond acceptors (Lipinski definition) is 6. The van der Waals surface area contributed by atoms with Crippen LogP contribution in [0.2, 0.25) is 0 Å². The molecule has 0 spiro atoms. The van der Waals surface area contributed by atoms with Crippen LogP contribution in [0.5, 0.6) is 11.5 Å². The molecule has 24 heavy (non-hydrogen) atoms. The number of rotatable bonds is 7. The highest BCUT2D eigenvalue weighted by molar-refractivity contribution is 7.11. The highest BCUT2D eigenvalue weighted by Crippen LogP contribution is 2.29. The van der Waals surface area contributed by atoms with Crippen molar-refractivity contribution in [2.75, 3.05) is 20.8 Å². The number of thiophene rings is 1. The molecule has 0 radical (unpaired) electrons. The van der Waals surface area contributed by atoms with Gasteiger partial charge in [0.05, 0.1) is 20.3 Å². The Labute approximate surface area is 144 Å². The lowest BCUT2D eigenvalue weighted by Crippen LogP contribution is -2.31. The molecule has 0 saturated carbocycles. The third-order valence-electron chi connectivity index (χ3n) is 3.34. The van der Waals surface area contributed by atoms with E-state index in [4.69, 9.17) is 14.2 Å². The molecule has 1 aromatic heterocycles. The molecular formula is C17H19NO5S. The maximum absolute atomic E-state index is 12.0. The van der Waals surface area contributed by atoms with Gasteiger partial charge in [-0.2, -0.15) is 0 Å². The second-order valence-corrected chi connectivity index (χ2v) is 5.90. The number of carbonyl (C=O) groups excluding carboxylic acids is 2. The van der Waals surface area contributed by atoms with Crippen LogP contribution in [-0.2, 0) is 9.53 Å². The van der Waals surface area contributed by atoms with E-state index in [0.29, 0.717) is 16.4 Å². The second kappa shape index (κ2) is 8.35. The van der Waals surface area contributed by atoms with Gasteiger partial charge in [-0.3, -0.25) is 4.79 Å². The first-order valence-corrected chi connectivity index (χ1v) is 8.15. The van der Waals surface area contributed by atoms with Crippen LogP contribution in [0, 0.1) is 0 Å². The van der Waals surface area contributed by atoms with E-state index in [1.54, 1.807) is 49.9 Å². The Morgan fingerprint density at radius 1 is 1.21 bits per heavy atom. The zero-order valence-electron chi connectivity index (χ0n) is 13.7. The zero-order chi connectivity index (χ0) is 17.5. The lowest BCUT2D eigenvalue weighted by atomic mass is 10.1. The van der Waals surface area contributed by atoms with Crippen molar-refractivity contribution in [3.8, 4) is 11.5 Å². The fourth-order valence-corrected chi connectivity index (χ4v) is 2.75. The number of esters is 1. The number of benzene rings is 1. The van der Waals surface area contributed by atoms with Crippen molar-refractivity contribution in [3.05, 3.63) is 46.2 Å². The molecule has 0 saturated heterocycles. The van der Waals surface area contributed by atoms with Crippen molar-refractivity contribution in [3.63, 3.8) is 0 Å². The first-order chi connectivity index (χ1) is 11.5. The van der Waals surface area contributed by atoms with Gasteiger partial charge in [0.2, 0.25) is 0 Å². The van der Waals surface area contributed by atoms with E-state index in [-0.39, 0.29) is 12.6 Å². The summed E-state index contributed by atoms with van der Waals surface area (Å²) < 4.78 is 15.5. The molecule has 0 fully saturated rings. The predicted molar refractivity (Wildman–Crippen MR) is 90.7 cm³/mol. The molecule has 7 heteroatoms. The van der Waals surface area contributed by atoms with Crippen molar-refractivity contribution in [1.29, 1.82) is 0 Å². The van der Waals surface area contributed by atoms with Crippen LogP contribution in [0.25, 0.3) is 0 Å². The van der Waals surface area contributed by atoms with Crippen LogP contribution >= 0.6 is 11.3 Å². The molecule has 128 valence electrons. The third kappa shape index (κ3) is 4.48. The third-order valence-corrected chi connectivity index (χ3v) is 4.19. The molecule has 0 aliphatic heterocycles. The summed E-state index contributed by atoms with van der Waals surface area (Å²) in [6, 6.07) is 8.41. The van der Waals surface area contributed by atoms with Crippen molar-refractivity contribution in [2.45, 2.75) is 13.0 Å². The van der Waals surface area contributed by atoms with Crippen LogP contribution in [0.1, 0.15) is 28.2 Å². The molecule has 0 aliphatic rings. The summed E-state index contributed by atoms with van der Waals surface area (Å²) in [5, 5.41) is 4.55. The Morgan fingerprint density at radius 3 is 2.62 bits per heavy atom. The quantitative estimate of drug-likeness (QED) is 0.778. The summed E-state index contributed by atoms with van der Waals surface area (Å²) in [7, 11) is 3.13. The summed E-state index contributed by atoms with van der Waals surface area (Å²) in [4.78, 5) is 24.2. The summed E-state index contributed by atoms with van der Waals surface area (Å²) in [5.41, 5.74) is 0.773. The lowest BCUT2D eigenvalue weighted by molar-refractivity contribution is -0.124. The Bertz CT molecular complexity index is 699. The van der Waals surface area contributed by atoms with E-state index in [1.807, 2.05) is 6.92 Å². The summed E-state index contributed by atoms with van der Waals surface area (Å²) in [6.07, 6.45) is 0. The number of carbonyl (C=O) groups is 2. The largest absolute Gasteiger partial charge is 0.497 e. The Morgan fingerprint density at radius 2 is 2.00 bits per heavy atom. The van der Waals surface area contributed by atoms with Crippen LogP contribution < -0.4 is 14.8 Å². The molecule has 0 bridgehead atoms. The van der Waals surface area contributed by atoms with Gasteiger partial charge in [-0.25, -0.2) is 4.79 Å². The Kier molecular flexibility index (Phi) is 6.20. The fraction of sp³-hybridized carbons (Fsp3) is 0.294. The highest BCUT2D eigenvalue weighted by atomic mass is 32.1. The number of methoxy groups -OCH3 is 2. The van der Waals surface area contributed by atoms with Crippen molar-refractivity contribution in [2.24, 2.45) is 0 Å². The van der Waals surface area contributed by atoms with Gasteiger partial charge in [0.25, 0.3) is 5.91 Å². The van der Waals surface area contributed by atoms with Crippen molar-refractivity contribution < 1.29 is 23.8 Å². The van der Waals surface area contributed by atoms with Crippen LogP contribution in [0.3, 0.4) is 0 Å². The minimum absolute atomic E-state index is 0.331. The van der Waals surface area contributed by atoms with Gasteiger partial charge in [-0.1, -0.05) is 6.07 Å². The van der Waals surface area contributed by atoms with E-state index >= 15 is 0 Å². The number of ether oxygens (including phenoxy) is 3. The molecule has 1 aromatic carbocycles. The van der Waals surface area contributed by atoms with Crippen LogP contribution in [0.4, 0.5) is 0 Å². The average molecular weight is 349 g/mol. The molecule has 2 rings (SSSR count). The molecular weight excluding hydrogens is 330 g/mol. The molecule has 1 unspecified atom stereocenters. The molecule has 1 heterocycles. The normalized spacial score (nSPS) is 11.5. The number of hydrogen-bond donors (Lipinski definition) is 1. The molecule has 1 N–H and O–H groups in total. The van der Waals surface area contributed by atoms with Gasteiger partial charge >= 0.3 is 5.97 Å². The van der Waals surface area contributed by atoms with E-state index < -0.39 is 11.9 Å². The van der Waals surface area contributed by atoms with Crippen LogP contribution in [0.15, 0.2) is 35.7 Å². The van der Waals surface area contributed by atoms with Gasteiger partial charge in [-0.15, -0.1) is 11.3 Å². The molecule has 2 aromatic rings. The lowest BCUT2D eigenvalue weighted by Gasteiger charge is -2.18. The van der Waals surface area contributed by atoms with Gasteiger partial charge in [0.15, 0.2) is 6.61 Å². The monoisotopic (exact) mass is 349 g/mol. The second-order valence-electron chi connectivity index (χ2n) is 4.95. The number of nitrogens with one attached hydrogen (secondary N) is 1. The molecule has 1 atom stereocenters. The van der Waals surface area contributed by atoms with Gasteiger partial charge in [0, 0.05) is 5.56 Å². The van der Waals surface area contributed by atoms with Gasteiger partial charge < -0.3 is 19.5 Å². The zero-order valence-corrected chi connectivity index (χ0v) is 14.5. The molecule has 0 aliphatic carbocycles. The van der Waals surface area contributed by atoms with Gasteiger partial charge in [0.1, 0.15) is 16.4 Å². The minimum atomic E-state index is -0.508. The molecule has 1 amide bonds. The van der Waals surface area contributed by atoms with E-state index in [2.05, 4.69) is 5.32 Å². The topological polar surface area (TPSA) is 73.9 Å². The average Bonchev–Trinajstić information content (AvgIpc) is 3.13. The number of amides is 1. The van der Waals surface area contributed by atoms with Crippen LogP contribution in [-0.4, -0.2) is 32.7 Å². The SMILES string of the molecule is COc1ccc(OC)c(C(C)NC(=O)COC(=O)c2cccs2)c1. The van der Waals surface area contributed by atoms with E-state index in [0.717, 1.165) is 5.56 Å². The Hall–Kier alpha value is -2.54. The fourth-order valence-electron chi connectivity index (χ4n) is 2.14. The van der Waals surface area contributed by atoms with E-state index in [9.17, 15) is 9.59 Å². The summed E-state index contributed by atoms with van der Waals surface area (Å²) in [6.45, 7) is 1.48. The summed E-state index contributed by atoms with van der Waals surface area (Å²) in [5.74, 6) is 0.402. The van der Waals surface area contributed by atoms with Crippen molar-refractivity contribution >= 4 is 23.2 Å². The molecule has 6 nitrogen and oxygen atoms in total. The summed E-state index contributed by atoms with van der Waals surface area (Å²) >= 11 is 1.27. The minimum Gasteiger partial charge on any atom is -0.497 e. The predicted octanol–water partition coefficient (Wildman–Crippen LogP) is 2.80. The smallest absolute Gasteiger partial charge is 0.348 e. The maximum atomic E-state index is 12.0. The van der Waals surface area contributed by atoms with E-state index in [1.165, 1.54) is 11.3 Å². The highest BCUT2D eigenvalue weighted by Gasteiger charge is 2.17. The Balaban J connectivity index is 1.95. The van der Waals surface area contributed by atoms with Crippen molar-refractivity contribution in [1.82, 2.24) is 5.32 Å². The first kappa shape index (κ1) is 17.8. The standard InChI is InChI=1S/C17H19NO5S/c1-11(13-9-12(21-2)6-7-14(13)22-3)18-16(19)10-23-17(20)15-5-4-8-24-15/h4-9,11H,10H2,1-3H3,(H,18,19).